The first-order chi connectivity index (χ1) is 17.9. The van der Waals surface area contributed by atoms with E-state index in [1.54, 1.807) is 22.8 Å². The number of ether oxygens (including phenoxy) is 5. The Hall–Kier alpha value is -4.58. The Kier molecular flexibility index (Phi) is 6.40. The van der Waals surface area contributed by atoms with Crippen LogP contribution in [0.15, 0.2) is 58.7 Å². The number of hydrogen-bond acceptors (Lipinski definition) is 8. The van der Waals surface area contributed by atoms with E-state index in [-0.39, 0.29) is 23.8 Å². The Balaban J connectivity index is 1.64. The first-order valence-electron chi connectivity index (χ1n) is 12.0. The van der Waals surface area contributed by atoms with Crippen LogP contribution in [0.1, 0.15) is 42.1 Å². The van der Waals surface area contributed by atoms with Gasteiger partial charge in [0.15, 0.2) is 23.0 Å². The molecule has 0 spiro atoms. The summed E-state index contributed by atoms with van der Waals surface area (Å²) in [4.78, 5) is 14.0. The van der Waals surface area contributed by atoms with Crippen molar-refractivity contribution in [2.75, 3.05) is 20.0 Å². The number of allylic oxidation sites excluding steroid dienone is 1. The van der Waals surface area contributed by atoms with Gasteiger partial charge < -0.3 is 34.0 Å². The van der Waals surface area contributed by atoms with Crippen molar-refractivity contribution in [1.29, 1.82) is 5.26 Å². The monoisotopic (exact) mass is 501 g/mol. The second-order valence-electron chi connectivity index (χ2n) is 8.64. The third-order valence-electron chi connectivity index (χ3n) is 6.37. The molecule has 0 amide bonds. The zero-order valence-corrected chi connectivity index (χ0v) is 20.9. The number of fused-ring (bicyclic) bond motifs is 2. The molecule has 0 saturated heterocycles. The Morgan fingerprint density at radius 3 is 2.54 bits per heavy atom. The zero-order valence-electron chi connectivity index (χ0n) is 20.9. The highest BCUT2D eigenvalue weighted by atomic mass is 16.7. The fourth-order valence-corrected chi connectivity index (χ4v) is 4.69. The quantitative estimate of drug-likeness (QED) is 0.517. The van der Waals surface area contributed by atoms with Crippen LogP contribution in [0.5, 0.6) is 28.7 Å². The molecule has 2 aromatic carbocycles. The molecule has 37 heavy (non-hydrogen) atoms. The second-order valence-corrected chi connectivity index (χ2v) is 8.64. The lowest BCUT2D eigenvalue weighted by atomic mass is 9.83. The maximum absolute atomic E-state index is 14.0. The number of nitrogens with two attached hydrogens (primary N) is 1. The van der Waals surface area contributed by atoms with E-state index >= 15 is 0 Å². The summed E-state index contributed by atoms with van der Waals surface area (Å²) < 4.78 is 29.8. The zero-order chi connectivity index (χ0) is 26.1. The van der Waals surface area contributed by atoms with Gasteiger partial charge in [-0.2, -0.15) is 5.26 Å². The van der Waals surface area contributed by atoms with Crippen LogP contribution in [0.2, 0.25) is 0 Å². The van der Waals surface area contributed by atoms with Crippen LogP contribution in [0.25, 0.3) is 0 Å². The van der Waals surface area contributed by atoms with E-state index < -0.39 is 5.92 Å². The maximum Gasteiger partial charge on any atom is 0.259 e. The summed E-state index contributed by atoms with van der Waals surface area (Å²) >= 11 is 0. The summed E-state index contributed by atoms with van der Waals surface area (Å²) in [7, 11) is 0. The Morgan fingerprint density at radius 2 is 1.78 bits per heavy atom. The lowest BCUT2D eigenvalue weighted by molar-refractivity contribution is 0.174. The summed E-state index contributed by atoms with van der Waals surface area (Å²) in [6.07, 6.45) is 0. The fraction of sp³-hybridized carbons (Fsp3) is 0.286. The van der Waals surface area contributed by atoms with Gasteiger partial charge in [-0.1, -0.05) is 12.1 Å². The predicted molar refractivity (Wildman–Crippen MR) is 135 cm³/mol. The number of nitrogens with zero attached hydrogens (tertiary/aromatic N) is 2. The molecule has 5 rings (SSSR count). The summed E-state index contributed by atoms with van der Waals surface area (Å²) in [5.41, 5.74) is 8.63. The van der Waals surface area contributed by atoms with E-state index in [4.69, 9.17) is 29.4 Å². The van der Waals surface area contributed by atoms with Crippen molar-refractivity contribution < 1.29 is 23.7 Å². The first kappa shape index (κ1) is 24.1. The number of aromatic nitrogens is 1. The molecule has 0 fully saturated rings. The van der Waals surface area contributed by atoms with Gasteiger partial charge in [-0.3, -0.25) is 4.79 Å². The SMILES string of the molecule is CCOc1ccc(C2C(C#N)=C(N)Oc3cc(C)n(Cc4ccc5c(c4)OCO5)c(=O)c32)cc1OCC. The minimum absolute atomic E-state index is 0.0286. The van der Waals surface area contributed by atoms with E-state index in [1.165, 1.54) is 0 Å². The Labute approximate surface area is 214 Å². The molecule has 0 saturated carbocycles. The normalized spacial score (nSPS) is 15.6. The lowest BCUT2D eigenvalue weighted by Crippen LogP contribution is -2.33. The van der Waals surface area contributed by atoms with Gasteiger partial charge in [-0.15, -0.1) is 0 Å². The lowest BCUT2D eigenvalue weighted by Gasteiger charge is -2.28. The largest absolute Gasteiger partial charge is 0.490 e. The molecule has 9 nitrogen and oxygen atoms in total. The number of aryl methyl sites for hydroxylation is 1. The topological polar surface area (TPSA) is 118 Å². The van der Waals surface area contributed by atoms with Gasteiger partial charge in [0.2, 0.25) is 12.7 Å². The van der Waals surface area contributed by atoms with Crippen LogP contribution in [0.4, 0.5) is 0 Å². The predicted octanol–water partition coefficient (Wildman–Crippen LogP) is 3.95. The van der Waals surface area contributed by atoms with E-state index in [2.05, 4.69) is 6.07 Å². The van der Waals surface area contributed by atoms with Crippen molar-refractivity contribution in [2.24, 2.45) is 5.73 Å². The Bertz CT molecular complexity index is 1500. The second kappa shape index (κ2) is 9.82. The van der Waals surface area contributed by atoms with Gasteiger partial charge in [0.05, 0.1) is 31.2 Å². The molecule has 3 heterocycles. The van der Waals surface area contributed by atoms with Crippen LogP contribution in [-0.4, -0.2) is 24.6 Å². The minimum atomic E-state index is -0.736. The van der Waals surface area contributed by atoms with Crippen molar-refractivity contribution in [3.8, 4) is 34.8 Å². The van der Waals surface area contributed by atoms with Crippen LogP contribution in [-0.2, 0) is 6.54 Å². The number of benzene rings is 2. The third-order valence-corrected chi connectivity index (χ3v) is 6.37. The fourth-order valence-electron chi connectivity index (χ4n) is 4.69. The molecular weight excluding hydrogens is 474 g/mol. The average molecular weight is 502 g/mol. The Morgan fingerprint density at radius 1 is 1.03 bits per heavy atom. The van der Waals surface area contributed by atoms with E-state index in [1.807, 2.05) is 45.0 Å². The van der Waals surface area contributed by atoms with Gasteiger partial charge in [-0.25, -0.2) is 0 Å². The summed E-state index contributed by atoms with van der Waals surface area (Å²) in [6.45, 7) is 6.97. The van der Waals surface area contributed by atoms with E-state index in [0.29, 0.717) is 65.3 Å². The third kappa shape index (κ3) is 4.31. The highest BCUT2D eigenvalue weighted by Crippen LogP contribution is 2.43. The van der Waals surface area contributed by atoms with Crippen molar-refractivity contribution in [3.05, 3.63) is 86.7 Å². The molecule has 0 radical (unpaired) electrons. The molecule has 3 aromatic rings. The highest BCUT2D eigenvalue weighted by Gasteiger charge is 2.35. The summed E-state index contributed by atoms with van der Waals surface area (Å²) in [6, 6.07) is 14.9. The number of hydrogen-bond donors (Lipinski definition) is 1. The number of rotatable bonds is 7. The van der Waals surface area contributed by atoms with Gasteiger partial charge >= 0.3 is 0 Å². The molecule has 0 aliphatic carbocycles. The molecule has 1 aromatic heterocycles. The van der Waals surface area contributed by atoms with E-state index in [9.17, 15) is 10.1 Å². The van der Waals surface area contributed by atoms with Crippen molar-refractivity contribution in [2.45, 2.75) is 33.2 Å². The molecule has 2 aliphatic rings. The van der Waals surface area contributed by atoms with Gasteiger partial charge in [0.1, 0.15) is 17.4 Å². The standard InChI is InChI=1S/C28H27N3O6/c1-4-33-20-9-7-18(12-23(20)34-5-2)25-19(13-29)27(30)37-24-10-16(3)31(28(32)26(24)25)14-17-6-8-21-22(11-17)36-15-35-21/h6-12,25H,4-5,14-15,30H2,1-3H3. The van der Waals surface area contributed by atoms with Crippen LogP contribution < -0.4 is 35.0 Å². The maximum atomic E-state index is 14.0. The molecule has 1 unspecified atom stereocenters. The molecular formula is C28H27N3O6. The smallest absolute Gasteiger partial charge is 0.259 e. The van der Waals surface area contributed by atoms with Gasteiger partial charge in [-0.05, 0) is 56.2 Å². The first-order valence-corrected chi connectivity index (χ1v) is 12.0. The number of pyridine rings is 1. The van der Waals surface area contributed by atoms with Gasteiger partial charge in [0.25, 0.3) is 5.56 Å². The average Bonchev–Trinajstić information content (AvgIpc) is 3.35. The van der Waals surface area contributed by atoms with Crippen LogP contribution in [0, 0.1) is 18.3 Å². The van der Waals surface area contributed by atoms with Crippen molar-refractivity contribution in [1.82, 2.24) is 4.57 Å². The van der Waals surface area contributed by atoms with Crippen molar-refractivity contribution >= 4 is 0 Å². The number of nitriles is 1. The molecule has 2 aliphatic heterocycles. The van der Waals surface area contributed by atoms with E-state index in [0.717, 1.165) is 5.56 Å². The molecule has 2 N–H and O–H groups in total. The van der Waals surface area contributed by atoms with Crippen LogP contribution in [0.3, 0.4) is 0 Å². The minimum Gasteiger partial charge on any atom is -0.490 e. The molecule has 190 valence electrons. The van der Waals surface area contributed by atoms with Crippen LogP contribution >= 0.6 is 0 Å². The summed E-state index contributed by atoms with van der Waals surface area (Å²) in [5, 5.41) is 10.0. The summed E-state index contributed by atoms with van der Waals surface area (Å²) in [5.74, 6) is 1.99. The van der Waals surface area contributed by atoms with Crippen molar-refractivity contribution in [3.63, 3.8) is 0 Å². The molecule has 0 bridgehead atoms. The van der Waals surface area contributed by atoms with Gasteiger partial charge in [0, 0.05) is 11.8 Å². The molecule has 1 atom stereocenters. The highest BCUT2D eigenvalue weighted by molar-refractivity contribution is 5.57. The molecule has 9 heteroatoms.